The van der Waals surface area contributed by atoms with Crippen molar-refractivity contribution < 1.29 is 4.79 Å². The lowest BCUT2D eigenvalue weighted by molar-refractivity contribution is -0.140. The summed E-state index contributed by atoms with van der Waals surface area (Å²) in [5.74, 6) is 0.748. The van der Waals surface area contributed by atoms with Crippen molar-refractivity contribution in [3.8, 4) is 0 Å². The van der Waals surface area contributed by atoms with Crippen molar-refractivity contribution in [2.45, 2.75) is 57.9 Å². The summed E-state index contributed by atoms with van der Waals surface area (Å²) in [4.78, 5) is 14.7. The highest BCUT2D eigenvalue weighted by Crippen LogP contribution is 2.25. The molecule has 0 aromatic carbocycles. The van der Waals surface area contributed by atoms with Crippen molar-refractivity contribution in [3.05, 3.63) is 0 Å². The summed E-state index contributed by atoms with van der Waals surface area (Å²) in [6.45, 7) is 5.26. The molecular formula is C14H27ClN2O. The van der Waals surface area contributed by atoms with Crippen molar-refractivity contribution >= 4 is 18.3 Å². The molecule has 0 aromatic rings. The summed E-state index contributed by atoms with van der Waals surface area (Å²) < 4.78 is 0. The minimum absolute atomic E-state index is 0. The van der Waals surface area contributed by atoms with E-state index in [0.29, 0.717) is 17.9 Å². The number of halogens is 1. The maximum absolute atomic E-state index is 12.5. The normalized spacial score (nSPS) is 25.6. The van der Waals surface area contributed by atoms with Crippen molar-refractivity contribution in [3.63, 3.8) is 0 Å². The van der Waals surface area contributed by atoms with Gasteiger partial charge in [-0.2, -0.15) is 0 Å². The van der Waals surface area contributed by atoms with E-state index in [4.69, 9.17) is 0 Å². The number of likely N-dealkylation sites (tertiary alicyclic amines) is 1. The van der Waals surface area contributed by atoms with Gasteiger partial charge in [0.2, 0.25) is 5.91 Å². The van der Waals surface area contributed by atoms with E-state index < -0.39 is 0 Å². The van der Waals surface area contributed by atoms with Crippen LogP contribution >= 0.6 is 12.4 Å². The Morgan fingerprint density at radius 1 is 1.22 bits per heavy atom. The first-order valence-corrected chi connectivity index (χ1v) is 7.34. The summed E-state index contributed by atoms with van der Waals surface area (Å²) >= 11 is 0. The molecule has 0 radical (unpaired) electrons. The third-order valence-electron chi connectivity index (χ3n) is 4.22. The van der Waals surface area contributed by atoms with Crippen LogP contribution in [-0.4, -0.2) is 36.5 Å². The SMILES string of the molecule is CCCC1CCCCN1C(=O)C1CCNCC1.Cl. The van der Waals surface area contributed by atoms with Crippen LogP contribution in [0.5, 0.6) is 0 Å². The van der Waals surface area contributed by atoms with Crippen LogP contribution < -0.4 is 5.32 Å². The average Bonchev–Trinajstić information content (AvgIpc) is 2.40. The molecule has 2 aliphatic rings. The van der Waals surface area contributed by atoms with Crippen LogP contribution in [0.4, 0.5) is 0 Å². The molecule has 0 aliphatic carbocycles. The lowest BCUT2D eigenvalue weighted by atomic mass is 9.92. The summed E-state index contributed by atoms with van der Waals surface area (Å²) in [7, 11) is 0. The zero-order chi connectivity index (χ0) is 12.1. The van der Waals surface area contributed by atoms with Crippen LogP contribution in [0.2, 0.25) is 0 Å². The van der Waals surface area contributed by atoms with E-state index >= 15 is 0 Å². The van der Waals surface area contributed by atoms with Crippen molar-refractivity contribution in [2.24, 2.45) is 5.92 Å². The zero-order valence-electron chi connectivity index (χ0n) is 11.5. The number of nitrogens with zero attached hydrogens (tertiary/aromatic N) is 1. The number of amides is 1. The van der Waals surface area contributed by atoms with Crippen LogP contribution in [0.15, 0.2) is 0 Å². The smallest absolute Gasteiger partial charge is 0.226 e. The van der Waals surface area contributed by atoms with E-state index in [-0.39, 0.29) is 12.4 Å². The fourth-order valence-electron chi connectivity index (χ4n) is 3.23. The molecule has 0 aromatic heterocycles. The van der Waals surface area contributed by atoms with Crippen LogP contribution in [0, 0.1) is 5.92 Å². The second-order valence-corrected chi connectivity index (χ2v) is 5.49. The lowest BCUT2D eigenvalue weighted by Gasteiger charge is -2.38. The summed E-state index contributed by atoms with van der Waals surface area (Å²) in [5, 5.41) is 3.34. The first-order chi connectivity index (χ1) is 8.33. The lowest BCUT2D eigenvalue weighted by Crippen LogP contribution is -2.48. The Morgan fingerprint density at radius 2 is 1.94 bits per heavy atom. The fourth-order valence-corrected chi connectivity index (χ4v) is 3.23. The maximum Gasteiger partial charge on any atom is 0.226 e. The van der Waals surface area contributed by atoms with Gasteiger partial charge in [-0.15, -0.1) is 12.4 Å². The van der Waals surface area contributed by atoms with Gasteiger partial charge >= 0.3 is 0 Å². The molecule has 1 unspecified atom stereocenters. The highest BCUT2D eigenvalue weighted by molar-refractivity contribution is 5.85. The van der Waals surface area contributed by atoms with Crippen LogP contribution in [0.1, 0.15) is 51.9 Å². The largest absolute Gasteiger partial charge is 0.339 e. The number of nitrogens with one attached hydrogen (secondary N) is 1. The molecule has 0 saturated carbocycles. The number of piperidine rings is 2. The van der Waals surface area contributed by atoms with E-state index in [2.05, 4.69) is 17.1 Å². The summed E-state index contributed by atoms with van der Waals surface area (Å²) in [5.41, 5.74) is 0. The van der Waals surface area contributed by atoms with E-state index in [1.807, 2.05) is 0 Å². The monoisotopic (exact) mass is 274 g/mol. The van der Waals surface area contributed by atoms with Crippen LogP contribution in [0.25, 0.3) is 0 Å². The maximum atomic E-state index is 12.5. The molecule has 106 valence electrons. The Labute approximate surface area is 117 Å². The molecule has 2 rings (SSSR count). The topological polar surface area (TPSA) is 32.3 Å². The number of carbonyl (C=O) groups excluding carboxylic acids is 1. The molecule has 1 amide bonds. The Hall–Kier alpha value is -0.280. The standard InChI is InChI=1S/C14H26N2O.ClH/c1-2-5-13-6-3-4-11-16(13)14(17)12-7-9-15-10-8-12;/h12-13,15H,2-11H2,1H3;1H. The Morgan fingerprint density at radius 3 is 2.61 bits per heavy atom. The van der Waals surface area contributed by atoms with Crippen LogP contribution in [0.3, 0.4) is 0 Å². The van der Waals surface area contributed by atoms with Gasteiger partial charge < -0.3 is 10.2 Å². The molecule has 2 saturated heterocycles. The van der Waals surface area contributed by atoms with Gasteiger partial charge in [-0.25, -0.2) is 0 Å². The van der Waals surface area contributed by atoms with Gasteiger partial charge in [-0.05, 0) is 51.6 Å². The van der Waals surface area contributed by atoms with E-state index in [9.17, 15) is 4.79 Å². The molecule has 1 N–H and O–H groups in total. The predicted molar refractivity (Wildman–Crippen MR) is 77.1 cm³/mol. The van der Waals surface area contributed by atoms with Crippen molar-refractivity contribution in [1.82, 2.24) is 10.2 Å². The number of hydrogen-bond acceptors (Lipinski definition) is 2. The minimum Gasteiger partial charge on any atom is -0.339 e. The second kappa shape index (κ2) is 8.00. The summed E-state index contributed by atoms with van der Waals surface area (Å²) in [6, 6.07) is 0.538. The first-order valence-electron chi connectivity index (χ1n) is 7.34. The van der Waals surface area contributed by atoms with Gasteiger partial charge in [0.15, 0.2) is 0 Å². The Kier molecular flexibility index (Phi) is 7.02. The summed E-state index contributed by atoms with van der Waals surface area (Å²) in [6.07, 6.45) is 8.20. The number of carbonyl (C=O) groups is 1. The van der Waals surface area contributed by atoms with E-state index in [0.717, 1.165) is 32.5 Å². The second-order valence-electron chi connectivity index (χ2n) is 5.49. The highest BCUT2D eigenvalue weighted by Gasteiger charge is 2.31. The third-order valence-corrected chi connectivity index (χ3v) is 4.22. The third kappa shape index (κ3) is 3.86. The van der Waals surface area contributed by atoms with Gasteiger partial charge in [0.1, 0.15) is 0 Å². The van der Waals surface area contributed by atoms with Gasteiger partial charge in [0.25, 0.3) is 0 Å². The molecule has 4 heteroatoms. The first kappa shape index (κ1) is 15.8. The molecular weight excluding hydrogens is 248 g/mol. The van der Waals surface area contributed by atoms with Crippen molar-refractivity contribution in [1.29, 1.82) is 0 Å². The van der Waals surface area contributed by atoms with Crippen LogP contribution in [-0.2, 0) is 4.79 Å². The molecule has 18 heavy (non-hydrogen) atoms. The van der Waals surface area contributed by atoms with E-state index in [1.165, 1.54) is 32.1 Å². The molecule has 2 aliphatic heterocycles. The fraction of sp³-hybridized carbons (Fsp3) is 0.929. The molecule has 2 heterocycles. The van der Waals surface area contributed by atoms with Gasteiger partial charge in [0, 0.05) is 18.5 Å². The Bertz CT molecular complexity index is 252. The molecule has 3 nitrogen and oxygen atoms in total. The van der Waals surface area contributed by atoms with E-state index in [1.54, 1.807) is 0 Å². The minimum atomic E-state index is 0. The Balaban J connectivity index is 0.00000162. The van der Waals surface area contributed by atoms with Gasteiger partial charge in [-0.1, -0.05) is 13.3 Å². The number of hydrogen-bond donors (Lipinski definition) is 1. The highest BCUT2D eigenvalue weighted by atomic mass is 35.5. The predicted octanol–water partition coefficient (Wildman–Crippen LogP) is 2.59. The number of rotatable bonds is 3. The average molecular weight is 275 g/mol. The zero-order valence-corrected chi connectivity index (χ0v) is 12.3. The van der Waals surface area contributed by atoms with Crippen molar-refractivity contribution in [2.75, 3.05) is 19.6 Å². The molecule has 0 spiro atoms. The molecule has 1 atom stereocenters. The molecule has 0 bridgehead atoms. The van der Waals surface area contributed by atoms with Gasteiger partial charge in [-0.3, -0.25) is 4.79 Å². The van der Waals surface area contributed by atoms with Gasteiger partial charge in [0.05, 0.1) is 0 Å². The molecule has 2 fully saturated rings. The quantitative estimate of drug-likeness (QED) is 0.858.